The van der Waals surface area contributed by atoms with Gasteiger partial charge in [-0.1, -0.05) is 53.7 Å². The van der Waals surface area contributed by atoms with Gasteiger partial charge in [-0.3, -0.25) is 4.79 Å². The van der Waals surface area contributed by atoms with E-state index in [4.69, 9.17) is 4.74 Å². The van der Waals surface area contributed by atoms with Crippen LogP contribution >= 0.6 is 0 Å². The van der Waals surface area contributed by atoms with Crippen molar-refractivity contribution in [1.82, 2.24) is 15.0 Å². The van der Waals surface area contributed by atoms with Crippen LogP contribution in [0.25, 0.3) is 21.7 Å². The summed E-state index contributed by atoms with van der Waals surface area (Å²) >= 11 is 0. The first kappa shape index (κ1) is 16.2. The first-order valence-electron chi connectivity index (χ1n) is 8.33. The summed E-state index contributed by atoms with van der Waals surface area (Å²) in [7, 11) is 0. The fourth-order valence-corrected chi connectivity index (χ4v) is 2.90. The third kappa shape index (κ3) is 3.14. The maximum atomic E-state index is 12.4. The second kappa shape index (κ2) is 6.93. The monoisotopic (exact) mass is 347 g/mol. The van der Waals surface area contributed by atoms with Gasteiger partial charge in [0.05, 0.1) is 11.9 Å². The van der Waals surface area contributed by atoms with Crippen molar-refractivity contribution >= 4 is 21.7 Å². The Labute approximate surface area is 149 Å². The molecule has 3 aromatic carbocycles. The molecule has 0 aliphatic heterocycles. The van der Waals surface area contributed by atoms with Crippen molar-refractivity contribution in [2.45, 2.75) is 12.6 Å². The van der Waals surface area contributed by atoms with E-state index < -0.39 is 6.10 Å². The molecule has 0 amide bonds. The van der Waals surface area contributed by atoms with Crippen LogP contribution in [-0.4, -0.2) is 32.8 Å². The van der Waals surface area contributed by atoms with E-state index in [2.05, 4.69) is 10.3 Å². The van der Waals surface area contributed by atoms with Crippen LogP contribution in [0.4, 0.5) is 0 Å². The van der Waals surface area contributed by atoms with Gasteiger partial charge in [-0.25, -0.2) is 4.68 Å². The summed E-state index contributed by atoms with van der Waals surface area (Å²) in [5, 5.41) is 20.7. The molecule has 6 heteroatoms. The molecule has 0 aliphatic rings. The molecule has 0 saturated carbocycles. The lowest BCUT2D eigenvalue weighted by atomic mass is 10.1. The summed E-state index contributed by atoms with van der Waals surface area (Å²) in [5.74, 6) is 0.694. The molecule has 1 heterocycles. The molecule has 1 atom stereocenters. The third-order valence-electron chi connectivity index (χ3n) is 4.19. The molecule has 0 saturated heterocycles. The molecule has 0 bridgehead atoms. The summed E-state index contributed by atoms with van der Waals surface area (Å²) < 4.78 is 6.93. The van der Waals surface area contributed by atoms with Gasteiger partial charge in [-0.05, 0) is 23.6 Å². The highest BCUT2D eigenvalue weighted by Gasteiger charge is 2.12. The van der Waals surface area contributed by atoms with Crippen LogP contribution in [0.5, 0.6) is 5.75 Å². The number of aliphatic hydroxyl groups excluding tert-OH is 1. The number of ether oxygens (including phenoxy) is 1. The molecular weight excluding hydrogens is 330 g/mol. The van der Waals surface area contributed by atoms with Crippen LogP contribution in [-0.2, 0) is 6.54 Å². The quantitative estimate of drug-likeness (QED) is 0.600. The lowest BCUT2D eigenvalue weighted by molar-refractivity contribution is 0.0880. The minimum absolute atomic E-state index is 0.0153. The minimum Gasteiger partial charge on any atom is -0.490 e. The van der Waals surface area contributed by atoms with Gasteiger partial charge in [-0.2, -0.15) is 0 Å². The van der Waals surface area contributed by atoms with Crippen molar-refractivity contribution < 1.29 is 9.84 Å². The average Bonchev–Trinajstić information content (AvgIpc) is 2.69. The Morgan fingerprint density at radius 3 is 2.58 bits per heavy atom. The normalized spacial score (nSPS) is 12.3. The van der Waals surface area contributed by atoms with Crippen LogP contribution in [0.3, 0.4) is 0 Å². The zero-order valence-corrected chi connectivity index (χ0v) is 13.9. The summed E-state index contributed by atoms with van der Waals surface area (Å²) in [6, 6.07) is 20.6. The molecule has 0 aliphatic carbocycles. The molecule has 26 heavy (non-hydrogen) atoms. The van der Waals surface area contributed by atoms with Crippen LogP contribution in [0.2, 0.25) is 0 Å². The van der Waals surface area contributed by atoms with Gasteiger partial charge >= 0.3 is 0 Å². The molecule has 130 valence electrons. The van der Waals surface area contributed by atoms with Crippen molar-refractivity contribution in [3.63, 3.8) is 0 Å². The zero-order valence-electron chi connectivity index (χ0n) is 13.9. The van der Waals surface area contributed by atoms with Gasteiger partial charge in [0.15, 0.2) is 0 Å². The van der Waals surface area contributed by atoms with Gasteiger partial charge in [0, 0.05) is 5.39 Å². The molecule has 0 spiro atoms. The van der Waals surface area contributed by atoms with Crippen molar-refractivity contribution in [1.29, 1.82) is 0 Å². The van der Waals surface area contributed by atoms with E-state index in [1.807, 2.05) is 42.5 Å². The molecule has 0 fully saturated rings. The van der Waals surface area contributed by atoms with Gasteiger partial charge in [0.25, 0.3) is 5.56 Å². The first-order valence-corrected chi connectivity index (χ1v) is 8.33. The number of hydrogen-bond acceptors (Lipinski definition) is 5. The van der Waals surface area contributed by atoms with Crippen LogP contribution in [0, 0.1) is 0 Å². The van der Waals surface area contributed by atoms with E-state index in [0.29, 0.717) is 16.7 Å². The highest BCUT2D eigenvalue weighted by molar-refractivity contribution is 5.88. The summed E-state index contributed by atoms with van der Waals surface area (Å²) in [6.07, 6.45) is -0.887. The SMILES string of the molecule is O=c1c2ccccc2nnn1C[C@@H](O)COc1cccc2ccccc12. The zero-order chi connectivity index (χ0) is 17.9. The summed E-state index contributed by atoms with van der Waals surface area (Å²) in [4.78, 5) is 12.4. The maximum absolute atomic E-state index is 12.4. The molecule has 1 N–H and O–H groups in total. The maximum Gasteiger partial charge on any atom is 0.277 e. The van der Waals surface area contributed by atoms with Crippen LogP contribution < -0.4 is 10.3 Å². The molecule has 4 aromatic rings. The standard InChI is InChI=1S/C20H17N3O3/c24-15(12-23-20(25)17-9-3-4-10-18(17)21-22-23)13-26-19-11-5-7-14-6-1-2-8-16(14)19/h1-11,15,24H,12-13H2/t15-/m1/s1. The molecular formula is C20H17N3O3. The molecule has 1 aromatic heterocycles. The largest absolute Gasteiger partial charge is 0.490 e. The smallest absolute Gasteiger partial charge is 0.277 e. The fraction of sp³-hybridized carbons (Fsp3) is 0.150. The molecule has 4 rings (SSSR count). The number of fused-ring (bicyclic) bond motifs is 2. The topological polar surface area (TPSA) is 77.2 Å². The average molecular weight is 347 g/mol. The molecule has 0 radical (unpaired) electrons. The van der Waals surface area contributed by atoms with Crippen molar-refractivity contribution in [2.24, 2.45) is 0 Å². The number of aromatic nitrogens is 3. The Morgan fingerprint density at radius 1 is 0.962 bits per heavy atom. The number of benzene rings is 3. The van der Waals surface area contributed by atoms with E-state index >= 15 is 0 Å². The Kier molecular flexibility index (Phi) is 4.33. The second-order valence-corrected chi connectivity index (χ2v) is 6.04. The van der Waals surface area contributed by atoms with Crippen molar-refractivity contribution in [2.75, 3.05) is 6.61 Å². The molecule has 0 unspecified atom stereocenters. The lowest BCUT2D eigenvalue weighted by Gasteiger charge is -2.14. The van der Waals surface area contributed by atoms with Crippen molar-refractivity contribution in [3.05, 3.63) is 77.1 Å². The summed E-state index contributed by atoms with van der Waals surface area (Å²) in [6.45, 7) is 0.0659. The van der Waals surface area contributed by atoms with E-state index in [0.717, 1.165) is 10.8 Å². The predicted octanol–water partition coefficient (Wildman–Crippen LogP) is 2.38. The van der Waals surface area contributed by atoms with Crippen LogP contribution in [0.15, 0.2) is 71.5 Å². The van der Waals surface area contributed by atoms with Crippen LogP contribution in [0.1, 0.15) is 0 Å². The lowest BCUT2D eigenvalue weighted by Crippen LogP contribution is -2.32. The molecule has 6 nitrogen and oxygen atoms in total. The fourth-order valence-electron chi connectivity index (χ4n) is 2.90. The first-order chi connectivity index (χ1) is 12.7. The number of hydrogen-bond donors (Lipinski definition) is 1. The van der Waals surface area contributed by atoms with E-state index in [1.165, 1.54) is 4.68 Å². The van der Waals surface area contributed by atoms with Gasteiger partial charge in [-0.15, -0.1) is 5.10 Å². The third-order valence-corrected chi connectivity index (χ3v) is 4.19. The summed E-state index contributed by atoms with van der Waals surface area (Å²) in [5.41, 5.74) is 0.259. The van der Waals surface area contributed by atoms with Crippen molar-refractivity contribution in [3.8, 4) is 5.75 Å². The van der Waals surface area contributed by atoms with Gasteiger partial charge in [0.1, 0.15) is 24.0 Å². The van der Waals surface area contributed by atoms with E-state index in [1.54, 1.807) is 24.3 Å². The number of rotatable bonds is 5. The highest BCUT2D eigenvalue weighted by atomic mass is 16.5. The minimum atomic E-state index is -0.887. The van der Waals surface area contributed by atoms with E-state index in [-0.39, 0.29) is 18.7 Å². The Balaban J connectivity index is 1.50. The number of aliphatic hydroxyl groups is 1. The number of nitrogens with zero attached hydrogens (tertiary/aromatic N) is 3. The second-order valence-electron chi connectivity index (χ2n) is 6.04. The van der Waals surface area contributed by atoms with E-state index in [9.17, 15) is 9.90 Å². The predicted molar refractivity (Wildman–Crippen MR) is 99.2 cm³/mol. The van der Waals surface area contributed by atoms with Gasteiger partial charge in [0.2, 0.25) is 0 Å². The highest BCUT2D eigenvalue weighted by Crippen LogP contribution is 2.25. The van der Waals surface area contributed by atoms with Gasteiger partial charge < -0.3 is 9.84 Å². The Morgan fingerprint density at radius 2 is 1.69 bits per heavy atom. The Bertz CT molecular complexity index is 1120. The Hall–Kier alpha value is -3.25.